The number of anilines is 1. The highest BCUT2D eigenvalue weighted by atomic mass is 35.5. The van der Waals surface area contributed by atoms with Gasteiger partial charge in [0.2, 0.25) is 5.91 Å². The number of benzene rings is 1. The number of hydrogen-bond donors (Lipinski definition) is 1. The predicted molar refractivity (Wildman–Crippen MR) is 77.5 cm³/mol. The van der Waals surface area contributed by atoms with Gasteiger partial charge in [-0.05, 0) is 37.6 Å². The minimum absolute atomic E-state index is 0.158. The van der Waals surface area contributed by atoms with E-state index in [1.165, 1.54) is 0 Å². The number of carbonyl (C=O) groups is 1. The van der Waals surface area contributed by atoms with E-state index in [1.54, 1.807) is 13.1 Å². The molecule has 0 spiro atoms. The Morgan fingerprint density at radius 2 is 2.05 bits per heavy atom. The van der Waals surface area contributed by atoms with Crippen LogP contribution in [0.3, 0.4) is 0 Å². The topological polar surface area (TPSA) is 42.0 Å². The molecular formula is C14H12Cl2N2O. The molecule has 1 atom stereocenters. The molecule has 5 heteroatoms. The highest BCUT2D eigenvalue weighted by molar-refractivity contribution is 6.53. The molecule has 3 nitrogen and oxygen atoms in total. The lowest BCUT2D eigenvalue weighted by Gasteiger charge is -2.14. The van der Waals surface area contributed by atoms with E-state index < -0.39 is 9.75 Å². The zero-order valence-corrected chi connectivity index (χ0v) is 11.8. The fourth-order valence-electron chi connectivity index (χ4n) is 2.12. The lowest BCUT2D eigenvalue weighted by atomic mass is 10.1. The van der Waals surface area contributed by atoms with Gasteiger partial charge in [-0.3, -0.25) is 9.78 Å². The van der Waals surface area contributed by atoms with Crippen molar-refractivity contribution in [3.63, 3.8) is 0 Å². The number of carbonyl (C=O) groups excluding carboxylic acids is 1. The van der Waals surface area contributed by atoms with Crippen LogP contribution in [0.4, 0.5) is 5.69 Å². The average molecular weight is 295 g/mol. The van der Waals surface area contributed by atoms with Gasteiger partial charge in [-0.15, -0.1) is 23.2 Å². The van der Waals surface area contributed by atoms with Gasteiger partial charge in [-0.25, -0.2) is 0 Å². The summed E-state index contributed by atoms with van der Waals surface area (Å²) in [7, 11) is 0. The monoisotopic (exact) mass is 294 g/mol. The van der Waals surface area contributed by atoms with Gasteiger partial charge >= 0.3 is 0 Å². The van der Waals surface area contributed by atoms with Crippen LogP contribution in [-0.4, -0.2) is 15.2 Å². The summed E-state index contributed by atoms with van der Waals surface area (Å²) >= 11 is 12.0. The van der Waals surface area contributed by atoms with E-state index >= 15 is 0 Å². The standard InChI is InChI=1S/C14H12Cl2N2O/c1-13(8-14(13,15)16)12(19)18-11-6-2-5-10-9(11)4-3-7-17-10/h2-7H,8H2,1H3,(H,18,19). The van der Waals surface area contributed by atoms with Crippen molar-refractivity contribution in [3.8, 4) is 0 Å². The van der Waals surface area contributed by atoms with Crippen molar-refractivity contribution in [2.75, 3.05) is 5.32 Å². The number of rotatable bonds is 2. The van der Waals surface area contributed by atoms with Gasteiger partial charge in [0, 0.05) is 11.6 Å². The molecular weight excluding hydrogens is 283 g/mol. The largest absolute Gasteiger partial charge is 0.325 e. The maximum absolute atomic E-state index is 12.3. The third-order valence-corrected chi connectivity index (χ3v) is 4.75. The summed E-state index contributed by atoms with van der Waals surface area (Å²) in [5.74, 6) is -0.158. The Kier molecular flexibility index (Phi) is 2.73. The zero-order valence-electron chi connectivity index (χ0n) is 10.3. The van der Waals surface area contributed by atoms with Crippen LogP contribution >= 0.6 is 23.2 Å². The van der Waals surface area contributed by atoms with Crippen molar-refractivity contribution >= 4 is 45.7 Å². The zero-order chi connectivity index (χ0) is 13.7. The predicted octanol–water partition coefficient (Wildman–Crippen LogP) is 3.76. The minimum Gasteiger partial charge on any atom is -0.325 e. The fraction of sp³-hybridized carbons (Fsp3) is 0.286. The molecule has 3 rings (SSSR count). The van der Waals surface area contributed by atoms with E-state index in [4.69, 9.17) is 23.2 Å². The van der Waals surface area contributed by atoms with Crippen molar-refractivity contribution in [1.82, 2.24) is 4.98 Å². The number of aromatic nitrogens is 1. The first kappa shape index (κ1) is 12.7. The third-order valence-electron chi connectivity index (χ3n) is 3.65. The van der Waals surface area contributed by atoms with Crippen molar-refractivity contribution < 1.29 is 4.79 Å². The average Bonchev–Trinajstić information content (AvgIpc) is 2.90. The van der Waals surface area contributed by atoms with Crippen LogP contribution in [-0.2, 0) is 4.79 Å². The number of amides is 1. The van der Waals surface area contributed by atoms with Crippen LogP contribution in [0.25, 0.3) is 10.9 Å². The third kappa shape index (κ3) is 1.97. The lowest BCUT2D eigenvalue weighted by Crippen LogP contribution is -2.26. The number of fused-ring (bicyclic) bond motifs is 1. The second kappa shape index (κ2) is 4.09. The van der Waals surface area contributed by atoms with Crippen LogP contribution in [0, 0.1) is 5.41 Å². The lowest BCUT2D eigenvalue weighted by molar-refractivity contribution is -0.120. The molecule has 1 unspecified atom stereocenters. The molecule has 1 N–H and O–H groups in total. The summed E-state index contributed by atoms with van der Waals surface area (Å²) in [5.41, 5.74) is 0.845. The van der Waals surface area contributed by atoms with E-state index in [2.05, 4.69) is 10.3 Å². The quantitative estimate of drug-likeness (QED) is 0.857. The number of pyridine rings is 1. The van der Waals surface area contributed by atoms with Crippen LogP contribution in [0.1, 0.15) is 13.3 Å². The van der Waals surface area contributed by atoms with Crippen LogP contribution in [0.15, 0.2) is 36.5 Å². The molecule has 0 saturated heterocycles. The first-order valence-electron chi connectivity index (χ1n) is 5.97. The first-order chi connectivity index (χ1) is 8.94. The Hall–Kier alpha value is -1.32. The summed E-state index contributed by atoms with van der Waals surface area (Å²) in [4.78, 5) is 16.5. The van der Waals surface area contributed by atoms with E-state index in [0.29, 0.717) is 6.42 Å². The SMILES string of the molecule is CC1(C(=O)Nc2cccc3ncccc23)CC1(Cl)Cl. The van der Waals surface area contributed by atoms with Crippen LogP contribution < -0.4 is 5.32 Å². The number of alkyl halides is 2. The maximum atomic E-state index is 12.3. The van der Waals surface area contributed by atoms with E-state index in [1.807, 2.05) is 30.3 Å². The number of nitrogens with one attached hydrogen (secondary N) is 1. The molecule has 98 valence electrons. The van der Waals surface area contributed by atoms with Crippen molar-refractivity contribution in [3.05, 3.63) is 36.5 Å². The molecule has 0 radical (unpaired) electrons. The van der Waals surface area contributed by atoms with Gasteiger partial charge < -0.3 is 5.32 Å². The summed E-state index contributed by atoms with van der Waals surface area (Å²) < 4.78 is -0.958. The van der Waals surface area contributed by atoms with Crippen molar-refractivity contribution in [2.24, 2.45) is 5.41 Å². The minimum atomic E-state index is -0.958. The van der Waals surface area contributed by atoms with Gasteiger partial charge in [-0.1, -0.05) is 6.07 Å². The van der Waals surface area contributed by atoms with E-state index in [9.17, 15) is 4.79 Å². The Morgan fingerprint density at radius 1 is 1.32 bits per heavy atom. The molecule has 1 aromatic heterocycles. The Bertz CT molecular complexity index is 666. The smallest absolute Gasteiger partial charge is 0.233 e. The summed E-state index contributed by atoms with van der Waals surface area (Å²) in [5, 5.41) is 3.80. The number of hydrogen-bond acceptors (Lipinski definition) is 2. The Labute approximate surface area is 120 Å². The molecule has 0 bridgehead atoms. The summed E-state index contributed by atoms with van der Waals surface area (Å²) in [6.07, 6.45) is 2.19. The Balaban J connectivity index is 1.93. The molecule has 1 aromatic carbocycles. The van der Waals surface area contributed by atoms with E-state index in [0.717, 1.165) is 16.6 Å². The van der Waals surface area contributed by atoms with Gasteiger partial charge in [0.25, 0.3) is 0 Å². The van der Waals surface area contributed by atoms with Gasteiger partial charge in [0.1, 0.15) is 4.33 Å². The molecule has 1 saturated carbocycles. The highest BCUT2D eigenvalue weighted by Gasteiger charge is 2.67. The molecule has 19 heavy (non-hydrogen) atoms. The number of halogens is 2. The van der Waals surface area contributed by atoms with Crippen molar-refractivity contribution in [2.45, 2.75) is 17.7 Å². The second-order valence-electron chi connectivity index (χ2n) is 5.04. The van der Waals surface area contributed by atoms with E-state index in [-0.39, 0.29) is 5.91 Å². The molecule has 1 aliphatic rings. The molecule has 1 fully saturated rings. The second-order valence-corrected chi connectivity index (χ2v) is 6.53. The molecule has 1 heterocycles. The fourth-order valence-corrected chi connectivity index (χ4v) is 2.82. The Morgan fingerprint density at radius 3 is 2.74 bits per heavy atom. The molecule has 2 aromatic rings. The van der Waals surface area contributed by atoms with Gasteiger partial charge in [-0.2, -0.15) is 0 Å². The maximum Gasteiger partial charge on any atom is 0.233 e. The molecule has 1 aliphatic carbocycles. The molecule has 0 aliphatic heterocycles. The highest BCUT2D eigenvalue weighted by Crippen LogP contribution is 2.64. The van der Waals surface area contributed by atoms with Crippen molar-refractivity contribution in [1.29, 1.82) is 0 Å². The summed E-state index contributed by atoms with van der Waals surface area (Å²) in [6.45, 7) is 1.77. The van der Waals surface area contributed by atoms with Crippen LogP contribution in [0.5, 0.6) is 0 Å². The van der Waals surface area contributed by atoms with Crippen LogP contribution in [0.2, 0.25) is 0 Å². The summed E-state index contributed by atoms with van der Waals surface area (Å²) in [6, 6.07) is 9.36. The number of nitrogens with zero attached hydrogens (tertiary/aromatic N) is 1. The first-order valence-corrected chi connectivity index (χ1v) is 6.73. The van der Waals surface area contributed by atoms with Gasteiger partial charge in [0.05, 0.1) is 16.6 Å². The normalized spacial score (nSPS) is 24.2. The molecule has 1 amide bonds. The van der Waals surface area contributed by atoms with Gasteiger partial charge in [0.15, 0.2) is 0 Å².